The Labute approximate surface area is 129 Å². The van der Waals surface area contributed by atoms with E-state index in [1.807, 2.05) is 0 Å². The first-order valence-corrected chi connectivity index (χ1v) is 6.69. The summed E-state index contributed by atoms with van der Waals surface area (Å²) in [4.78, 5) is 31.6. The number of ether oxygens (including phenoxy) is 2. The number of hydrogen-bond acceptors (Lipinski definition) is 6. The fourth-order valence-electron chi connectivity index (χ4n) is 1.48. The van der Waals surface area contributed by atoms with Gasteiger partial charge in [0.25, 0.3) is 0 Å². The number of benzene rings is 1. The van der Waals surface area contributed by atoms with E-state index >= 15 is 0 Å². The van der Waals surface area contributed by atoms with Crippen molar-refractivity contribution >= 4 is 27.9 Å². The summed E-state index contributed by atoms with van der Waals surface area (Å²) < 4.78 is 10.3. The van der Waals surface area contributed by atoms with Crippen LogP contribution in [0, 0.1) is 6.92 Å². The summed E-state index contributed by atoms with van der Waals surface area (Å²) in [6.45, 7) is 1.74. The quantitative estimate of drug-likeness (QED) is 0.625. The second-order valence-corrected chi connectivity index (χ2v) is 4.92. The molecule has 0 atom stereocenters. The number of aryl methyl sites for hydroxylation is 1. The van der Waals surface area contributed by atoms with Gasteiger partial charge in [-0.25, -0.2) is 14.6 Å². The number of methoxy groups -OCH3 is 1. The molecule has 0 amide bonds. The van der Waals surface area contributed by atoms with Gasteiger partial charge >= 0.3 is 11.9 Å². The number of hydrogen-bond donors (Lipinski definition) is 0. The lowest BCUT2D eigenvalue weighted by molar-refractivity contribution is 0.0392. The summed E-state index contributed by atoms with van der Waals surface area (Å²) in [6.07, 6.45) is 2.67. The van der Waals surface area contributed by atoms with E-state index in [1.54, 1.807) is 19.1 Å². The minimum atomic E-state index is -0.859. The third-order valence-corrected chi connectivity index (χ3v) is 3.26. The molecule has 2 aromatic rings. The lowest BCUT2D eigenvalue weighted by Crippen LogP contribution is -2.15. The van der Waals surface area contributed by atoms with Crippen molar-refractivity contribution in [2.45, 2.75) is 6.92 Å². The molecule has 0 saturated carbocycles. The summed E-state index contributed by atoms with van der Waals surface area (Å²) in [7, 11) is 1.48. The lowest BCUT2D eigenvalue weighted by Gasteiger charge is -2.06. The summed E-state index contributed by atoms with van der Waals surface area (Å²) in [5.41, 5.74) is 0.809. The van der Waals surface area contributed by atoms with E-state index in [-0.39, 0.29) is 11.3 Å². The molecule has 108 valence electrons. The molecule has 0 N–H and O–H groups in total. The Morgan fingerprint density at radius 3 is 2.52 bits per heavy atom. The van der Waals surface area contributed by atoms with Crippen LogP contribution >= 0.6 is 15.9 Å². The first kappa shape index (κ1) is 15.1. The van der Waals surface area contributed by atoms with Crippen molar-refractivity contribution in [1.29, 1.82) is 0 Å². The van der Waals surface area contributed by atoms with Crippen LogP contribution in [0.4, 0.5) is 0 Å². The van der Waals surface area contributed by atoms with Crippen molar-refractivity contribution in [2.24, 2.45) is 0 Å². The average molecular weight is 351 g/mol. The molecule has 6 nitrogen and oxygen atoms in total. The van der Waals surface area contributed by atoms with E-state index in [1.165, 1.54) is 25.6 Å². The second kappa shape index (κ2) is 6.45. The Kier molecular flexibility index (Phi) is 4.64. The zero-order valence-corrected chi connectivity index (χ0v) is 12.9. The monoisotopic (exact) mass is 350 g/mol. The van der Waals surface area contributed by atoms with Crippen molar-refractivity contribution in [2.75, 3.05) is 7.11 Å². The summed E-state index contributed by atoms with van der Waals surface area (Å²) in [6, 6.07) is 4.78. The standard InChI is InChI=1S/C14H11BrN2O4/c1-8-6-17-12(7-16-8)14(19)21-13(18)10-5-9(20-2)3-4-11(10)15/h3-7H,1-2H3. The van der Waals surface area contributed by atoms with Gasteiger partial charge in [-0.3, -0.25) is 4.98 Å². The molecule has 0 aliphatic rings. The van der Waals surface area contributed by atoms with Gasteiger partial charge in [0.15, 0.2) is 5.69 Å². The van der Waals surface area contributed by atoms with Gasteiger partial charge in [0.1, 0.15) is 5.75 Å². The predicted molar refractivity (Wildman–Crippen MR) is 77.2 cm³/mol. The van der Waals surface area contributed by atoms with E-state index in [9.17, 15) is 9.59 Å². The maximum Gasteiger partial charge on any atom is 0.366 e. The molecule has 1 aromatic heterocycles. The maximum absolute atomic E-state index is 12.0. The number of aromatic nitrogens is 2. The fourth-order valence-corrected chi connectivity index (χ4v) is 1.89. The van der Waals surface area contributed by atoms with Crippen LogP contribution in [0.15, 0.2) is 35.1 Å². The van der Waals surface area contributed by atoms with E-state index in [2.05, 4.69) is 25.9 Å². The van der Waals surface area contributed by atoms with Crippen LogP contribution in [0.3, 0.4) is 0 Å². The van der Waals surface area contributed by atoms with E-state index in [0.29, 0.717) is 15.9 Å². The summed E-state index contributed by atoms with van der Waals surface area (Å²) >= 11 is 3.22. The number of nitrogens with zero attached hydrogens (tertiary/aromatic N) is 2. The maximum atomic E-state index is 12.0. The molecule has 0 fully saturated rings. The van der Waals surface area contributed by atoms with Gasteiger partial charge in [-0.1, -0.05) is 0 Å². The highest BCUT2D eigenvalue weighted by molar-refractivity contribution is 9.10. The Morgan fingerprint density at radius 1 is 1.14 bits per heavy atom. The van der Waals surface area contributed by atoms with Crippen LogP contribution in [0.1, 0.15) is 26.5 Å². The Balaban J connectivity index is 2.18. The predicted octanol–water partition coefficient (Wildman–Crippen LogP) is 2.55. The van der Waals surface area contributed by atoms with Crippen molar-refractivity contribution in [3.63, 3.8) is 0 Å². The zero-order valence-electron chi connectivity index (χ0n) is 11.3. The number of carbonyl (C=O) groups is 2. The Bertz CT molecular complexity index is 686. The molecular formula is C14H11BrN2O4. The van der Waals surface area contributed by atoms with Crippen LogP contribution in [0.5, 0.6) is 5.75 Å². The number of esters is 2. The highest BCUT2D eigenvalue weighted by Crippen LogP contribution is 2.23. The molecule has 0 radical (unpaired) electrons. The molecule has 7 heteroatoms. The van der Waals surface area contributed by atoms with Gasteiger partial charge in [0.2, 0.25) is 0 Å². The molecule has 21 heavy (non-hydrogen) atoms. The largest absolute Gasteiger partial charge is 0.497 e. The molecule has 2 rings (SSSR count). The highest BCUT2D eigenvalue weighted by Gasteiger charge is 2.19. The first-order valence-electron chi connectivity index (χ1n) is 5.90. The van der Waals surface area contributed by atoms with Crippen molar-refractivity contribution in [3.05, 3.63) is 52.0 Å². The first-order chi connectivity index (χ1) is 10.0. The minimum absolute atomic E-state index is 0.0343. The number of carbonyl (C=O) groups excluding carboxylic acids is 2. The topological polar surface area (TPSA) is 78.4 Å². The van der Waals surface area contributed by atoms with Crippen molar-refractivity contribution in [1.82, 2.24) is 9.97 Å². The molecule has 0 saturated heterocycles. The molecule has 1 aromatic carbocycles. The summed E-state index contributed by atoms with van der Waals surface area (Å²) in [5.74, 6) is -1.18. The van der Waals surface area contributed by atoms with Crippen molar-refractivity contribution < 1.29 is 19.1 Å². The molecule has 0 aliphatic heterocycles. The van der Waals surface area contributed by atoms with Gasteiger partial charge in [-0.15, -0.1) is 0 Å². The average Bonchev–Trinajstić information content (AvgIpc) is 2.48. The van der Waals surface area contributed by atoms with Crippen LogP contribution in [0.25, 0.3) is 0 Å². The fraction of sp³-hybridized carbons (Fsp3) is 0.143. The van der Waals surface area contributed by atoms with Crippen molar-refractivity contribution in [3.8, 4) is 5.75 Å². The van der Waals surface area contributed by atoms with Gasteiger partial charge in [-0.2, -0.15) is 0 Å². The van der Waals surface area contributed by atoms with Gasteiger partial charge in [0, 0.05) is 10.7 Å². The van der Waals surface area contributed by atoms with Crippen LogP contribution in [-0.2, 0) is 4.74 Å². The Hall–Kier alpha value is -2.28. The zero-order chi connectivity index (χ0) is 15.4. The Morgan fingerprint density at radius 2 is 1.90 bits per heavy atom. The van der Waals surface area contributed by atoms with Crippen LogP contribution < -0.4 is 4.74 Å². The minimum Gasteiger partial charge on any atom is -0.497 e. The highest BCUT2D eigenvalue weighted by atomic mass is 79.9. The smallest absolute Gasteiger partial charge is 0.366 e. The van der Waals surface area contributed by atoms with E-state index in [4.69, 9.17) is 9.47 Å². The number of rotatable bonds is 3. The van der Waals surface area contributed by atoms with Crippen LogP contribution in [0.2, 0.25) is 0 Å². The van der Waals surface area contributed by atoms with Crippen LogP contribution in [-0.4, -0.2) is 29.0 Å². The second-order valence-electron chi connectivity index (χ2n) is 4.07. The van der Waals surface area contributed by atoms with Gasteiger partial charge < -0.3 is 9.47 Å². The molecule has 0 spiro atoms. The summed E-state index contributed by atoms with van der Waals surface area (Å²) in [5, 5.41) is 0. The van der Waals surface area contributed by atoms with Gasteiger partial charge in [-0.05, 0) is 41.1 Å². The van der Waals surface area contributed by atoms with Gasteiger partial charge in [0.05, 0.1) is 24.6 Å². The molecule has 0 unspecified atom stereocenters. The molecular weight excluding hydrogens is 340 g/mol. The third-order valence-electron chi connectivity index (χ3n) is 2.57. The SMILES string of the molecule is COc1ccc(Br)c(C(=O)OC(=O)c2cnc(C)cn2)c1. The molecule has 1 heterocycles. The third kappa shape index (κ3) is 3.63. The van der Waals surface area contributed by atoms with E-state index < -0.39 is 11.9 Å². The lowest BCUT2D eigenvalue weighted by atomic mass is 10.2. The number of halogens is 1. The normalized spacial score (nSPS) is 10.0. The molecule has 0 aliphatic carbocycles. The van der Waals surface area contributed by atoms with E-state index in [0.717, 1.165) is 0 Å². The molecule has 0 bridgehead atoms.